The highest BCUT2D eigenvalue weighted by molar-refractivity contribution is 5.81. The third-order valence-electron chi connectivity index (χ3n) is 5.98. The van der Waals surface area contributed by atoms with Crippen LogP contribution in [0, 0.1) is 0 Å². The standard InChI is InChI=1S/C24H27NO5/c26-23(27)22(15-29-16-8-2-1-3-9-16)25-24(28)30-14-21-19-12-6-4-10-17(19)18-11-5-7-13-20(18)21/h4-7,10-13,16,21-22H,1-3,8-9,14-15H2,(H,25,28)(H,26,27)/t22-/m1/s1. The minimum atomic E-state index is -1.13. The van der Waals surface area contributed by atoms with Gasteiger partial charge in [0, 0.05) is 5.92 Å². The van der Waals surface area contributed by atoms with Crippen molar-refractivity contribution < 1.29 is 24.2 Å². The van der Waals surface area contributed by atoms with Crippen LogP contribution in [0.4, 0.5) is 4.79 Å². The maximum atomic E-state index is 12.3. The molecule has 0 aliphatic heterocycles. The van der Waals surface area contributed by atoms with E-state index in [1.165, 1.54) is 6.42 Å². The minimum absolute atomic E-state index is 0.0514. The molecule has 0 heterocycles. The van der Waals surface area contributed by atoms with Crippen molar-refractivity contribution in [1.29, 1.82) is 0 Å². The second-order valence-electron chi connectivity index (χ2n) is 7.95. The van der Waals surface area contributed by atoms with Crippen molar-refractivity contribution in [2.75, 3.05) is 13.2 Å². The smallest absolute Gasteiger partial charge is 0.407 e. The largest absolute Gasteiger partial charge is 0.480 e. The number of hydrogen-bond donors (Lipinski definition) is 2. The van der Waals surface area contributed by atoms with Gasteiger partial charge in [0.2, 0.25) is 0 Å². The van der Waals surface area contributed by atoms with Crippen molar-refractivity contribution in [3.8, 4) is 11.1 Å². The molecule has 2 aliphatic rings. The monoisotopic (exact) mass is 409 g/mol. The molecule has 0 saturated heterocycles. The highest BCUT2D eigenvalue weighted by Crippen LogP contribution is 2.44. The van der Waals surface area contributed by atoms with Crippen LogP contribution in [0.3, 0.4) is 0 Å². The van der Waals surface area contributed by atoms with E-state index in [1.54, 1.807) is 0 Å². The van der Waals surface area contributed by atoms with Crippen LogP contribution in [0.2, 0.25) is 0 Å². The zero-order valence-corrected chi connectivity index (χ0v) is 16.9. The first-order valence-electron chi connectivity index (χ1n) is 10.6. The van der Waals surface area contributed by atoms with Gasteiger partial charge in [-0.3, -0.25) is 0 Å². The Bertz CT molecular complexity index is 860. The van der Waals surface area contributed by atoms with E-state index in [9.17, 15) is 14.7 Å². The van der Waals surface area contributed by atoms with Gasteiger partial charge in [0.1, 0.15) is 6.61 Å². The van der Waals surface area contributed by atoms with Crippen LogP contribution in [0.5, 0.6) is 0 Å². The van der Waals surface area contributed by atoms with Crippen LogP contribution in [-0.4, -0.2) is 42.5 Å². The van der Waals surface area contributed by atoms with Crippen LogP contribution in [0.1, 0.15) is 49.1 Å². The molecule has 0 unspecified atom stereocenters. The fourth-order valence-corrected chi connectivity index (χ4v) is 4.42. The summed E-state index contributed by atoms with van der Waals surface area (Å²) in [5, 5.41) is 11.9. The third-order valence-corrected chi connectivity index (χ3v) is 5.98. The molecule has 2 aliphatic carbocycles. The van der Waals surface area contributed by atoms with Gasteiger partial charge in [-0.1, -0.05) is 67.8 Å². The number of ether oxygens (including phenoxy) is 2. The first-order valence-corrected chi connectivity index (χ1v) is 10.6. The van der Waals surface area contributed by atoms with Crippen LogP contribution >= 0.6 is 0 Å². The minimum Gasteiger partial charge on any atom is -0.480 e. The average molecular weight is 409 g/mol. The Kier molecular flexibility index (Phi) is 6.33. The number of carboxylic acids is 1. The van der Waals surface area contributed by atoms with Crippen molar-refractivity contribution in [2.45, 2.75) is 50.2 Å². The molecule has 0 radical (unpaired) electrons. The van der Waals surface area contributed by atoms with Crippen LogP contribution < -0.4 is 5.32 Å². The third kappa shape index (κ3) is 4.49. The molecule has 6 heteroatoms. The van der Waals surface area contributed by atoms with Gasteiger partial charge >= 0.3 is 12.1 Å². The van der Waals surface area contributed by atoms with E-state index in [0.29, 0.717) is 0 Å². The number of hydrogen-bond acceptors (Lipinski definition) is 4. The number of nitrogens with one attached hydrogen (secondary N) is 1. The molecule has 1 atom stereocenters. The SMILES string of the molecule is O=C(N[C@H](COC1CCCCC1)C(=O)O)OCC1c2ccccc2-c2ccccc21. The summed E-state index contributed by atoms with van der Waals surface area (Å²) >= 11 is 0. The number of amides is 1. The molecule has 1 amide bonds. The highest BCUT2D eigenvalue weighted by Gasteiger charge is 2.30. The number of carbonyl (C=O) groups excluding carboxylic acids is 1. The number of carboxylic acid groups (broad SMARTS) is 1. The van der Waals surface area contributed by atoms with E-state index in [4.69, 9.17) is 9.47 Å². The summed E-state index contributed by atoms with van der Waals surface area (Å²) in [4.78, 5) is 23.9. The van der Waals surface area contributed by atoms with Gasteiger partial charge in [-0.15, -0.1) is 0 Å². The Morgan fingerprint density at radius 2 is 1.57 bits per heavy atom. The Balaban J connectivity index is 1.35. The molecule has 1 saturated carbocycles. The van der Waals surface area contributed by atoms with Gasteiger partial charge in [-0.25, -0.2) is 9.59 Å². The number of rotatable bonds is 7. The zero-order valence-electron chi connectivity index (χ0n) is 16.9. The number of aliphatic carboxylic acids is 1. The average Bonchev–Trinajstić information content (AvgIpc) is 3.09. The molecule has 0 aromatic heterocycles. The lowest BCUT2D eigenvalue weighted by Crippen LogP contribution is -2.45. The number of carbonyl (C=O) groups is 2. The van der Waals surface area contributed by atoms with Gasteiger partial charge < -0.3 is 19.9 Å². The Labute approximate surface area is 176 Å². The predicted octanol–water partition coefficient (Wildman–Crippen LogP) is 4.33. The second-order valence-corrected chi connectivity index (χ2v) is 7.95. The van der Waals surface area contributed by atoms with E-state index in [-0.39, 0.29) is 25.2 Å². The quantitative estimate of drug-likeness (QED) is 0.711. The molecular weight excluding hydrogens is 382 g/mol. The molecule has 2 aromatic rings. The van der Waals surface area contributed by atoms with E-state index in [2.05, 4.69) is 17.4 Å². The van der Waals surface area contributed by atoms with Crippen molar-refractivity contribution in [3.05, 3.63) is 59.7 Å². The molecule has 4 rings (SSSR count). The van der Waals surface area contributed by atoms with E-state index >= 15 is 0 Å². The van der Waals surface area contributed by atoms with Gasteiger partial charge in [-0.05, 0) is 35.1 Å². The second kappa shape index (κ2) is 9.30. The van der Waals surface area contributed by atoms with E-state index in [1.807, 2.05) is 36.4 Å². The van der Waals surface area contributed by atoms with Gasteiger partial charge in [0.15, 0.2) is 6.04 Å². The van der Waals surface area contributed by atoms with Crippen molar-refractivity contribution >= 4 is 12.1 Å². The van der Waals surface area contributed by atoms with Crippen LogP contribution in [0.25, 0.3) is 11.1 Å². The van der Waals surface area contributed by atoms with Crippen molar-refractivity contribution in [1.82, 2.24) is 5.32 Å². The maximum Gasteiger partial charge on any atom is 0.407 e. The van der Waals surface area contributed by atoms with Gasteiger partial charge in [0.25, 0.3) is 0 Å². The lowest BCUT2D eigenvalue weighted by molar-refractivity contribution is -0.141. The van der Waals surface area contributed by atoms with Crippen LogP contribution in [0.15, 0.2) is 48.5 Å². The lowest BCUT2D eigenvalue weighted by atomic mass is 9.98. The summed E-state index contributed by atoms with van der Waals surface area (Å²) in [6.07, 6.45) is 4.61. The Morgan fingerprint density at radius 3 is 2.17 bits per heavy atom. The normalized spacial score (nSPS) is 17.1. The first kappa shape index (κ1) is 20.4. The summed E-state index contributed by atoms with van der Waals surface area (Å²) in [7, 11) is 0. The summed E-state index contributed by atoms with van der Waals surface area (Å²) < 4.78 is 11.2. The molecule has 158 valence electrons. The topological polar surface area (TPSA) is 84.9 Å². The molecule has 2 aromatic carbocycles. The molecule has 2 N–H and O–H groups in total. The molecule has 30 heavy (non-hydrogen) atoms. The Hall–Kier alpha value is -2.86. The summed E-state index contributed by atoms with van der Waals surface area (Å²) in [5.41, 5.74) is 4.52. The molecule has 0 bridgehead atoms. The fraction of sp³-hybridized carbons (Fsp3) is 0.417. The number of benzene rings is 2. The molecule has 0 spiro atoms. The summed E-state index contributed by atoms with van der Waals surface area (Å²) in [6, 6.07) is 15.0. The zero-order chi connectivity index (χ0) is 20.9. The van der Waals surface area contributed by atoms with E-state index in [0.717, 1.165) is 47.9 Å². The number of fused-ring (bicyclic) bond motifs is 3. The van der Waals surface area contributed by atoms with Crippen molar-refractivity contribution in [3.63, 3.8) is 0 Å². The van der Waals surface area contributed by atoms with Crippen molar-refractivity contribution in [2.24, 2.45) is 0 Å². The molecular formula is C24H27NO5. The predicted molar refractivity (Wildman–Crippen MR) is 112 cm³/mol. The maximum absolute atomic E-state index is 12.3. The van der Waals surface area contributed by atoms with Gasteiger partial charge in [0.05, 0.1) is 12.7 Å². The molecule has 1 fully saturated rings. The highest BCUT2D eigenvalue weighted by atomic mass is 16.6. The summed E-state index contributed by atoms with van der Waals surface area (Å²) in [6.45, 7) is 0.0971. The Morgan fingerprint density at radius 1 is 0.967 bits per heavy atom. The lowest BCUT2D eigenvalue weighted by Gasteiger charge is -2.24. The van der Waals surface area contributed by atoms with E-state index < -0.39 is 18.1 Å². The fourth-order valence-electron chi connectivity index (χ4n) is 4.42. The number of alkyl carbamates (subject to hydrolysis) is 1. The summed E-state index contributed by atoms with van der Waals surface area (Å²) in [5.74, 6) is -1.19. The molecule has 6 nitrogen and oxygen atoms in total. The van der Waals surface area contributed by atoms with Gasteiger partial charge in [-0.2, -0.15) is 0 Å². The first-order chi connectivity index (χ1) is 14.6. The van der Waals surface area contributed by atoms with Crippen LogP contribution in [-0.2, 0) is 14.3 Å².